The van der Waals surface area contributed by atoms with Crippen LogP contribution in [0.1, 0.15) is 45.4 Å². The highest BCUT2D eigenvalue weighted by molar-refractivity contribution is 4.98. The quantitative estimate of drug-likeness (QED) is 0.657. The molecule has 1 fully saturated rings. The molecule has 1 unspecified atom stereocenters. The highest BCUT2D eigenvalue weighted by Crippen LogP contribution is 2.28. The van der Waals surface area contributed by atoms with Gasteiger partial charge < -0.3 is 5.32 Å². The van der Waals surface area contributed by atoms with Gasteiger partial charge in [0.25, 0.3) is 0 Å². The monoisotopic (exact) mass is 179 g/mol. The average molecular weight is 179 g/mol. The van der Waals surface area contributed by atoms with E-state index in [-0.39, 0.29) is 0 Å². The lowest BCUT2D eigenvalue weighted by molar-refractivity contribution is 0.345. The molecule has 0 aliphatic heterocycles. The van der Waals surface area contributed by atoms with Crippen molar-refractivity contribution in [2.24, 2.45) is 5.92 Å². The molecule has 1 saturated carbocycles. The summed E-state index contributed by atoms with van der Waals surface area (Å²) >= 11 is 0. The van der Waals surface area contributed by atoms with Crippen LogP contribution in [-0.4, -0.2) is 12.1 Å². The Hall–Kier alpha value is -0.300. The topological polar surface area (TPSA) is 12.0 Å². The van der Waals surface area contributed by atoms with E-state index >= 15 is 0 Å². The highest BCUT2D eigenvalue weighted by atomic mass is 15.0. The molecule has 13 heavy (non-hydrogen) atoms. The van der Waals surface area contributed by atoms with E-state index < -0.39 is 0 Å². The lowest BCUT2D eigenvalue weighted by Crippen LogP contribution is -2.38. The van der Waals surface area contributed by atoms with Crippen molar-refractivity contribution in [3.63, 3.8) is 0 Å². The van der Waals surface area contributed by atoms with Crippen LogP contribution in [0.2, 0.25) is 0 Å². The van der Waals surface area contributed by atoms with Crippen LogP contribution >= 0.6 is 0 Å². The molecule has 0 bridgehead atoms. The van der Waals surface area contributed by atoms with E-state index in [2.05, 4.69) is 24.4 Å². The van der Waals surface area contributed by atoms with Gasteiger partial charge in [-0.3, -0.25) is 0 Å². The lowest BCUT2D eigenvalue weighted by atomic mass is 9.98. The Labute approximate surface area is 81.6 Å². The minimum Gasteiger partial charge on any atom is -0.311 e. The molecule has 74 valence electrons. The fraction of sp³-hybridized carbons (Fsp3) is 0.833. The maximum Gasteiger partial charge on any atom is 0.0139 e. The second-order valence-corrected chi connectivity index (χ2v) is 4.64. The van der Waals surface area contributed by atoms with Gasteiger partial charge in [-0.2, -0.15) is 0 Å². The zero-order chi connectivity index (χ0) is 9.10. The SMILES string of the molecule is CC(NC1CC=CC1)C1CCCC1. The van der Waals surface area contributed by atoms with Crippen molar-refractivity contribution in [1.29, 1.82) is 0 Å². The molecule has 1 nitrogen and oxygen atoms in total. The molecule has 2 rings (SSSR count). The number of hydrogen-bond acceptors (Lipinski definition) is 1. The Bertz CT molecular complexity index is 172. The summed E-state index contributed by atoms with van der Waals surface area (Å²) in [4.78, 5) is 0. The average Bonchev–Trinajstić information content (AvgIpc) is 2.74. The first kappa shape index (κ1) is 9.26. The lowest BCUT2D eigenvalue weighted by Gasteiger charge is -2.24. The number of nitrogens with one attached hydrogen (secondary N) is 1. The van der Waals surface area contributed by atoms with Gasteiger partial charge in [-0.15, -0.1) is 0 Å². The standard InChI is InChI=1S/C12H21N/c1-10(11-6-2-3-7-11)13-12-8-4-5-9-12/h4-5,10-13H,2-3,6-9H2,1H3. The predicted octanol–water partition coefficient (Wildman–Crippen LogP) is 2.87. The predicted molar refractivity (Wildman–Crippen MR) is 56.7 cm³/mol. The van der Waals surface area contributed by atoms with E-state index in [1.54, 1.807) is 0 Å². The van der Waals surface area contributed by atoms with E-state index in [0.29, 0.717) is 0 Å². The largest absolute Gasteiger partial charge is 0.311 e. The Morgan fingerprint density at radius 2 is 1.77 bits per heavy atom. The first-order valence-corrected chi connectivity index (χ1v) is 5.77. The molecule has 2 aliphatic rings. The Morgan fingerprint density at radius 1 is 1.15 bits per heavy atom. The van der Waals surface area contributed by atoms with Crippen molar-refractivity contribution in [2.75, 3.05) is 0 Å². The third-order valence-corrected chi connectivity index (χ3v) is 3.61. The van der Waals surface area contributed by atoms with E-state index in [0.717, 1.165) is 18.0 Å². The Kier molecular flexibility index (Phi) is 3.05. The molecule has 0 aromatic carbocycles. The molecular formula is C12H21N. The molecule has 0 spiro atoms. The second kappa shape index (κ2) is 4.28. The van der Waals surface area contributed by atoms with Gasteiger partial charge in [0.2, 0.25) is 0 Å². The number of rotatable bonds is 3. The van der Waals surface area contributed by atoms with Crippen molar-refractivity contribution < 1.29 is 0 Å². The molecule has 0 amide bonds. The van der Waals surface area contributed by atoms with Crippen LogP contribution in [0.15, 0.2) is 12.2 Å². The summed E-state index contributed by atoms with van der Waals surface area (Å²) < 4.78 is 0. The third-order valence-electron chi connectivity index (χ3n) is 3.61. The molecule has 0 heterocycles. The molecule has 1 atom stereocenters. The van der Waals surface area contributed by atoms with Gasteiger partial charge in [-0.05, 0) is 38.5 Å². The first-order chi connectivity index (χ1) is 6.36. The van der Waals surface area contributed by atoms with E-state index in [4.69, 9.17) is 0 Å². The van der Waals surface area contributed by atoms with Gasteiger partial charge in [0.05, 0.1) is 0 Å². The van der Waals surface area contributed by atoms with Gasteiger partial charge in [-0.25, -0.2) is 0 Å². The first-order valence-electron chi connectivity index (χ1n) is 5.77. The summed E-state index contributed by atoms with van der Waals surface area (Å²) in [6, 6.07) is 1.49. The smallest absolute Gasteiger partial charge is 0.0139 e. The third kappa shape index (κ3) is 2.34. The van der Waals surface area contributed by atoms with Crippen molar-refractivity contribution in [3.8, 4) is 0 Å². The Balaban J connectivity index is 1.73. The van der Waals surface area contributed by atoms with E-state index in [1.807, 2.05) is 0 Å². The second-order valence-electron chi connectivity index (χ2n) is 4.64. The van der Waals surface area contributed by atoms with Gasteiger partial charge in [0, 0.05) is 12.1 Å². The molecule has 2 aliphatic carbocycles. The van der Waals surface area contributed by atoms with Crippen molar-refractivity contribution in [1.82, 2.24) is 5.32 Å². The summed E-state index contributed by atoms with van der Waals surface area (Å²) in [5, 5.41) is 3.76. The van der Waals surface area contributed by atoms with Crippen LogP contribution in [0.25, 0.3) is 0 Å². The van der Waals surface area contributed by atoms with Crippen LogP contribution < -0.4 is 5.32 Å². The van der Waals surface area contributed by atoms with Crippen molar-refractivity contribution in [2.45, 2.75) is 57.5 Å². The van der Waals surface area contributed by atoms with Gasteiger partial charge in [-0.1, -0.05) is 25.0 Å². The van der Waals surface area contributed by atoms with E-state index in [1.165, 1.54) is 38.5 Å². The van der Waals surface area contributed by atoms with Gasteiger partial charge in [0.15, 0.2) is 0 Å². The normalized spacial score (nSPS) is 27.2. The van der Waals surface area contributed by atoms with Crippen LogP contribution in [0.5, 0.6) is 0 Å². The minimum absolute atomic E-state index is 0.743. The molecule has 0 saturated heterocycles. The van der Waals surface area contributed by atoms with E-state index in [9.17, 15) is 0 Å². The summed E-state index contributed by atoms with van der Waals surface area (Å²) in [5.41, 5.74) is 0. The van der Waals surface area contributed by atoms with Gasteiger partial charge >= 0.3 is 0 Å². The fourth-order valence-corrected chi connectivity index (χ4v) is 2.72. The summed E-state index contributed by atoms with van der Waals surface area (Å²) in [6.07, 6.45) is 12.9. The summed E-state index contributed by atoms with van der Waals surface area (Å²) in [6.45, 7) is 2.37. The van der Waals surface area contributed by atoms with Crippen molar-refractivity contribution in [3.05, 3.63) is 12.2 Å². The maximum absolute atomic E-state index is 3.76. The molecule has 0 aromatic rings. The molecular weight excluding hydrogens is 158 g/mol. The number of hydrogen-bond donors (Lipinski definition) is 1. The van der Waals surface area contributed by atoms with Crippen LogP contribution in [0.4, 0.5) is 0 Å². The molecule has 0 aromatic heterocycles. The molecule has 1 heteroatoms. The fourth-order valence-electron chi connectivity index (χ4n) is 2.72. The maximum atomic E-state index is 3.76. The zero-order valence-electron chi connectivity index (χ0n) is 8.63. The van der Waals surface area contributed by atoms with Gasteiger partial charge in [0.1, 0.15) is 0 Å². The highest BCUT2D eigenvalue weighted by Gasteiger charge is 2.23. The van der Waals surface area contributed by atoms with Crippen molar-refractivity contribution >= 4 is 0 Å². The van der Waals surface area contributed by atoms with Crippen LogP contribution in [-0.2, 0) is 0 Å². The Morgan fingerprint density at radius 3 is 2.38 bits per heavy atom. The summed E-state index contributed by atoms with van der Waals surface area (Å²) in [5.74, 6) is 0.959. The summed E-state index contributed by atoms with van der Waals surface area (Å²) in [7, 11) is 0. The molecule has 0 radical (unpaired) electrons. The van der Waals surface area contributed by atoms with Crippen LogP contribution in [0.3, 0.4) is 0 Å². The minimum atomic E-state index is 0.743. The van der Waals surface area contributed by atoms with Crippen LogP contribution in [0, 0.1) is 5.92 Å². The molecule has 1 N–H and O–H groups in total. The zero-order valence-corrected chi connectivity index (χ0v) is 8.63.